The van der Waals surface area contributed by atoms with Gasteiger partial charge in [0.05, 0.1) is 25.2 Å². The molecule has 354 valence electrons. The maximum atomic E-state index is 13.2. The fraction of sp³-hybridized carbons (Fsp3) is 0.782. The Balaban J connectivity index is 4.61. The summed E-state index contributed by atoms with van der Waals surface area (Å²) >= 11 is 0. The SMILES string of the molecule is CC/C=C/C=C/C=C/CCCCCCCCCC(=O)OC(CCCCCCCCC/C=C\C/C=C\CCCCC)CC(=O)NC(CO)C(O)CCCCCCCCCCCC. The van der Waals surface area contributed by atoms with Crippen LogP contribution in [-0.2, 0) is 14.3 Å². The van der Waals surface area contributed by atoms with Gasteiger partial charge in [-0.15, -0.1) is 0 Å². The van der Waals surface area contributed by atoms with Gasteiger partial charge in [-0.2, -0.15) is 0 Å². The molecule has 0 spiro atoms. The molecule has 0 bridgehead atoms. The van der Waals surface area contributed by atoms with Crippen molar-refractivity contribution in [1.82, 2.24) is 5.32 Å². The van der Waals surface area contributed by atoms with Crippen LogP contribution in [0.3, 0.4) is 0 Å². The molecule has 0 saturated heterocycles. The Morgan fingerprint density at radius 3 is 1.49 bits per heavy atom. The molecule has 1 amide bonds. The normalized spacial score (nSPS) is 13.7. The third-order valence-electron chi connectivity index (χ3n) is 11.6. The summed E-state index contributed by atoms with van der Waals surface area (Å²) in [4.78, 5) is 26.2. The quantitative estimate of drug-likeness (QED) is 0.0245. The van der Waals surface area contributed by atoms with E-state index >= 15 is 0 Å². The largest absolute Gasteiger partial charge is 0.462 e. The van der Waals surface area contributed by atoms with Gasteiger partial charge in [0.15, 0.2) is 0 Å². The molecule has 0 fully saturated rings. The maximum Gasteiger partial charge on any atom is 0.306 e. The molecule has 0 rings (SSSR count). The van der Waals surface area contributed by atoms with Crippen LogP contribution in [0.2, 0.25) is 0 Å². The molecule has 6 heteroatoms. The highest BCUT2D eigenvalue weighted by molar-refractivity contribution is 5.77. The highest BCUT2D eigenvalue weighted by Crippen LogP contribution is 2.18. The number of ether oxygens (including phenoxy) is 1. The number of nitrogens with one attached hydrogen (secondary N) is 1. The molecule has 0 aliphatic rings. The molecule has 3 N–H and O–H groups in total. The van der Waals surface area contributed by atoms with Crippen LogP contribution in [-0.4, -0.2) is 46.9 Å². The Hall–Kier alpha value is -2.44. The summed E-state index contributed by atoms with van der Waals surface area (Å²) in [6.07, 6.45) is 59.9. The van der Waals surface area contributed by atoms with Gasteiger partial charge in [0.25, 0.3) is 0 Å². The summed E-state index contributed by atoms with van der Waals surface area (Å²) < 4.78 is 5.93. The van der Waals surface area contributed by atoms with E-state index in [1.807, 2.05) is 0 Å². The number of carbonyl (C=O) groups excluding carboxylic acids is 2. The molecule has 6 nitrogen and oxygen atoms in total. The van der Waals surface area contributed by atoms with Crippen molar-refractivity contribution in [3.05, 3.63) is 60.8 Å². The fourth-order valence-electron chi connectivity index (χ4n) is 7.70. The van der Waals surface area contributed by atoms with Crippen molar-refractivity contribution in [3.8, 4) is 0 Å². The Kier molecular flexibility index (Phi) is 46.6. The molecule has 61 heavy (non-hydrogen) atoms. The van der Waals surface area contributed by atoms with Crippen LogP contribution in [0, 0.1) is 0 Å². The lowest BCUT2D eigenvalue weighted by Gasteiger charge is -2.24. The molecule has 0 heterocycles. The second kappa shape index (κ2) is 48.6. The van der Waals surface area contributed by atoms with Gasteiger partial charge in [0, 0.05) is 6.42 Å². The first-order valence-electron chi connectivity index (χ1n) is 26.0. The summed E-state index contributed by atoms with van der Waals surface area (Å²) in [5.74, 6) is -0.493. The van der Waals surface area contributed by atoms with Crippen molar-refractivity contribution in [1.29, 1.82) is 0 Å². The average molecular weight is 854 g/mol. The number of aliphatic hydroxyl groups excluding tert-OH is 2. The number of allylic oxidation sites excluding steroid dienone is 10. The molecule has 0 aromatic carbocycles. The highest BCUT2D eigenvalue weighted by atomic mass is 16.5. The van der Waals surface area contributed by atoms with E-state index < -0.39 is 18.2 Å². The minimum Gasteiger partial charge on any atom is -0.462 e. The summed E-state index contributed by atoms with van der Waals surface area (Å²) in [7, 11) is 0. The van der Waals surface area contributed by atoms with E-state index in [-0.39, 0.29) is 24.9 Å². The van der Waals surface area contributed by atoms with Gasteiger partial charge in [-0.05, 0) is 77.0 Å². The minimum atomic E-state index is -0.792. The first-order valence-corrected chi connectivity index (χ1v) is 26.0. The number of unbranched alkanes of at least 4 members (excludes halogenated alkanes) is 26. The second-order valence-corrected chi connectivity index (χ2v) is 17.6. The van der Waals surface area contributed by atoms with Gasteiger partial charge in [-0.1, -0.05) is 223 Å². The molecular weight excluding hydrogens is 755 g/mol. The molecular formula is C55H99NO5. The predicted octanol–water partition coefficient (Wildman–Crippen LogP) is 15.6. The topological polar surface area (TPSA) is 95.9 Å². The van der Waals surface area contributed by atoms with Gasteiger partial charge in [0.2, 0.25) is 5.91 Å². The van der Waals surface area contributed by atoms with Gasteiger partial charge in [-0.3, -0.25) is 9.59 Å². The molecule has 0 aromatic heterocycles. The van der Waals surface area contributed by atoms with E-state index in [1.165, 1.54) is 122 Å². The van der Waals surface area contributed by atoms with E-state index in [9.17, 15) is 19.8 Å². The molecule has 0 aliphatic carbocycles. The van der Waals surface area contributed by atoms with Gasteiger partial charge >= 0.3 is 5.97 Å². The van der Waals surface area contributed by atoms with Crippen LogP contribution < -0.4 is 5.32 Å². The van der Waals surface area contributed by atoms with Crippen molar-refractivity contribution < 1.29 is 24.5 Å². The average Bonchev–Trinajstić information content (AvgIpc) is 3.25. The Bertz CT molecular complexity index is 1090. The number of carbonyl (C=O) groups is 2. The Labute approximate surface area is 378 Å². The van der Waals surface area contributed by atoms with Crippen LogP contribution in [0.5, 0.6) is 0 Å². The van der Waals surface area contributed by atoms with Crippen LogP contribution in [0.15, 0.2) is 60.8 Å². The number of amides is 1. The van der Waals surface area contributed by atoms with Gasteiger partial charge < -0.3 is 20.3 Å². The zero-order valence-electron chi connectivity index (χ0n) is 40.3. The summed E-state index contributed by atoms with van der Waals surface area (Å²) in [6, 6.07) is -0.707. The van der Waals surface area contributed by atoms with E-state index in [2.05, 4.69) is 86.8 Å². The van der Waals surface area contributed by atoms with E-state index in [0.29, 0.717) is 19.3 Å². The summed E-state index contributed by atoms with van der Waals surface area (Å²) in [5.41, 5.74) is 0. The Morgan fingerprint density at radius 1 is 0.508 bits per heavy atom. The number of esters is 1. The highest BCUT2D eigenvalue weighted by Gasteiger charge is 2.24. The smallest absolute Gasteiger partial charge is 0.306 e. The van der Waals surface area contributed by atoms with Crippen molar-refractivity contribution in [2.75, 3.05) is 6.61 Å². The predicted molar refractivity (Wildman–Crippen MR) is 264 cm³/mol. The zero-order valence-corrected chi connectivity index (χ0v) is 40.3. The van der Waals surface area contributed by atoms with Crippen LogP contribution in [0.25, 0.3) is 0 Å². The van der Waals surface area contributed by atoms with E-state index in [0.717, 1.165) is 83.5 Å². The van der Waals surface area contributed by atoms with Gasteiger partial charge in [-0.25, -0.2) is 0 Å². The molecule has 0 radical (unpaired) electrons. The van der Waals surface area contributed by atoms with Gasteiger partial charge in [0.1, 0.15) is 6.10 Å². The monoisotopic (exact) mass is 854 g/mol. The van der Waals surface area contributed by atoms with E-state index in [4.69, 9.17) is 4.74 Å². The third kappa shape index (κ3) is 44.0. The summed E-state index contributed by atoms with van der Waals surface area (Å²) in [6.45, 7) is 6.32. The van der Waals surface area contributed by atoms with Crippen LogP contribution in [0.4, 0.5) is 0 Å². The lowest BCUT2D eigenvalue weighted by Crippen LogP contribution is -2.46. The fourth-order valence-corrected chi connectivity index (χ4v) is 7.70. The third-order valence-corrected chi connectivity index (χ3v) is 11.6. The van der Waals surface area contributed by atoms with Crippen LogP contribution in [0.1, 0.15) is 252 Å². The van der Waals surface area contributed by atoms with Crippen molar-refractivity contribution in [2.45, 2.75) is 270 Å². The molecule has 3 unspecified atom stereocenters. The molecule has 0 aliphatic heterocycles. The first kappa shape index (κ1) is 58.6. The number of hydrogen-bond acceptors (Lipinski definition) is 5. The van der Waals surface area contributed by atoms with Crippen molar-refractivity contribution >= 4 is 11.9 Å². The van der Waals surface area contributed by atoms with Crippen molar-refractivity contribution in [3.63, 3.8) is 0 Å². The first-order chi connectivity index (χ1) is 30.0. The lowest BCUT2D eigenvalue weighted by molar-refractivity contribution is -0.151. The molecule has 0 aromatic rings. The number of aliphatic hydroxyl groups is 2. The standard InChI is InChI=1S/C55H99NO5/c1-4-7-10-13-16-19-22-24-26-27-29-30-32-34-37-40-43-46-51(61-55(60)48-45-42-39-36-33-31-28-25-23-20-17-14-11-8-5-2)49-54(59)56-52(50-57)53(58)47-44-41-38-35-21-18-15-12-9-6-3/h8,11,14,16-17,19-20,23-24,26,51-53,57-58H,4-7,9-10,12-13,15,18,21-22,25,27-50H2,1-3H3,(H,56,59)/b11-8+,17-14+,19-16-,23-20+,26-24-. The summed E-state index contributed by atoms with van der Waals surface area (Å²) in [5, 5.41) is 23.7. The molecule has 0 saturated carbocycles. The number of rotatable bonds is 46. The van der Waals surface area contributed by atoms with E-state index in [1.54, 1.807) is 0 Å². The zero-order chi connectivity index (χ0) is 44.5. The van der Waals surface area contributed by atoms with Crippen molar-refractivity contribution in [2.24, 2.45) is 0 Å². The minimum absolute atomic E-state index is 0.0662. The second-order valence-electron chi connectivity index (χ2n) is 17.6. The maximum absolute atomic E-state index is 13.2. The number of hydrogen-bond donors (Lipinski definition) is 3. The van der Waals surface area contributed by atoms with Crippen LogP contribution >= 0.6 is 0 Å². The Morgan fingerprint density at radius 2 is 0.951 bits per heavy atom. The molecule has 3 atom stereocenters. The lowest BCUT2D eigenvalue weighted by atomic mass is 10.0.